The van der Waals surface area contributed by atoms with Gasteiger partial charge in [-0.3, -0.25) is 0 Å². The molecule has 0 fully saturated rings. The molecule has 1 rings (SSSR count). The average molecular weight is 149 g/mol. The van der Waals surface area contributed by atoms with Gasteiger partial charge in [-0.15, -0.1) is 0 Å². The molecule has 0 amide bonds. The molecule has 60 valence electrons. The number of benzene rings is 1. The topological polar surface area (TPSA) is 12.0 Å². The molecule has 0 bridgehead atoms. The Kier molecular flexibility index (Phi) is 2.66. The van der Waals surface area contributed by atoms with E-state index in [9.17, 15) is 0 Å². The van der Waals surface area contributed by atoms with Crippen LogP contribution in [0, 0.1) is 6.92 Å². The molecule has 0 aliphatic carbocycles. The summed E-state index contributed by atoms with van der Waals surface area (Å²) in [7, 11) is 1.98. The Balaban J connectivity index is 2.86. The van der Waals surface area contributed by atoms with Crippen molar-refractivity contribution in [2.45, 2.75) is 19.9 Å². The minimum absolute atomic E-state index is 0.454. The van der Waals surface area contributed by atoms with Crippen molar-refractivity contribution in [3.8, 4) is 0 Å². The summed E-state index contributed by atoms with van der Waals surface area (Å²) >= 11 is 0. The molecule has 11 heavy (non-hydrogen) atoms. The molecule has 0 heterocycles. The van der Waals surface area contributed by atoms with E-state index >= 15 is 0 Å². The van der Waals surface area contributed by atoms with Crippen LogP contribution in [-0.4, -0.2) is 7.05 Å². The van der Waals surface area contributed by atoms with Crippen molar-refractivity contribution in [2.24, 2.45) is 0 Å². The largest absolute Gasteiger partial charge is 0.313 e. The van der Waals surface area contributed by atoms with E-state index in [1.807, 2.05) is 7.05 Å². The van der Waals surface area contributed by atoms with Gasteiger partial charge in [0.05, 0.1) is 0 Å². The van der Waals surface area contributed by atoms with Crippen LogP contribution in [0.1, 0.15) is 24.1 Å². The van der Waals surface area contributed by atoms with Crippen molar-refractivity contribution in [1.82, 2.24) is 5.32 Å². The van der Waals surface area contributed by atoms with Crippen molar-refractivity contribution < 1.29 is 0 Å². The van der Waals surface area contributed by atoms with Gasteiger partial charge in [0, 0.05) is 6.04 Å². The van der Waals surface area contributed by atoms with Crippen LogP contribution in [0.3, 0.4) is 0 Å². The second kappa shape index (κ2) is 3.54. The van der Waals surface area contributed by atoms with Gasteiger partial charge in [0.15, 0.2) is 0 Å². The van der Waals surface area contributed by atoms with Crippen molar-refractivity contribution >= 4 is 0 Å². The first-order chi connectivity index (χ1) is 5.24. The van der Waals surface area contributed by atoms with Gasteiger partial charge >= 0.3 is 0 Å². The first-order valence-electron chi connectivity index (χ1n) is 3.98. The van der Waals surface area contributed by atoms with Gasteiger partial charge < -0.3 is 5.32 Å². The first kappa shape index (κ1) is 8.28. The van der Waals surface area contributed by atoms with Crippen LogP contribution in [-0.2, 0) is 0 Å². The third kappa shape index (κ3) is 2.05. The molecule has 1 aromatic rings. The fraction of sp³-hybridized carbons (Fsp3) is 0.400. The SMILES string of the molecule is CN[C@H](C)c1cccc(C)c1. The fourth-order valence-corrected chi connectivity index (χ4v) is 1.11. The van der Waals surface area contributed by atoms with Gasteiger partial charge in [-0.2, -0.15) is 0 Å². The summed E-state index contributed by atoms with van der Waals surface area (Å²) in [4.78, 5) is 0. The van der Waals surface area contributed by atoms with Gasteiger partial charge in [0.25, 0.3) is 0 Å². The highest BCUT2D eigenvalue weighted by Crippen LogP contribution is 2.12. The molecule has 0 saturated carbocycles. The van der Waals surface area contributed by atoms with E-state index in [1.54, 1.807) is 0 Å². The molecule has 1 nitrogen and oxygen atoms in total. The molecule has 0 aliphatic rings. The predicted molar refractivity (Wildman–Crippen MR) is 48.7 cm³/mol. The van der Waals surface area contributed by atoms with Gasteiger partial charge in [-0.05, 0) is 26.5 Å². The summed E-state index contributed by atoms with van der Waals surface area (Å²) in [6.07, 6.45) is 0. The van der Waals surface area contributed by atoms with E-state index in [0.29, 0.717) is 6.04 Å². The standard InChI is InChI=1S/C10H15N/c1-8-5-4-6-10(7-8)9(2)11-3/h4-7,9,11H,1-3H3/t9-/m1/s1. The number of rotatable bonds is 2. The normalized spacial score (nSPS) is 13.0. The maximum absolute atomic E-state index is 3.21. The third-order valence-corrected chi connectivity index (χ3v) is 1.98. The van der Waals surface area contributed by atoms with Crippen molar-refractivity contribution in [2.75, 3.05) is 7.05 Å². The van der Waals surface area contributed by atoms with Crippen LogP contribution >= 0.6 is 0 Å². The van der Waals surface area contributed by atoms with Crippen LogP contribution < -0.4 is 5.32 Å². The maximum atomic E-state index is 3.21. The Morgan fingerprint density at radius 1 is 1.36 bits per heavy atom. The van der Waals surface area contributed by atoms with E-state index in [-0.39, 0.29) is 0 Å². The van der Waals surface area contributed by atoms with Crippen molar-refractivity contribution in [1.29, 1.82) is 0 Å². The Morgan fingerprint density at radius 2 is 2.09 bits per heavy atom. The molecule has 0 aliphatic heterocycles. The Bertz CT molecular complexity index is 230. The highest BCUT2D eigenvalue weighted by molar-refractivity contribution is 5.24. The molecule has 1 heteroatoms. The highest BCUT2D eigenvalue weighted by Gasteiger charge is 1.99. The Hall–Kier alpha value is -0.820. The maximum Gasteiger partial charge on any atom is 0.0289 e. The second-order valence-corrected chi connectivity index (χ2v) is 2.92. The Labute approximate surface area is 68.4 Å². The molecular formula is C10H15N. The van der Waals surface area contributed by atoms with E-state index in [1.165, 1.54) is 11.1 Å². The zero-order chi connectivity index (χ0) is 8.27. The van der Waals surface area contributed by atoms with Crippen LogP contribution in [0.15, 0.2) is 24.3 Å². The summed E-state index contributed by atoms with van der Waals surface area (Å²) in [5.74, 6) is 0. The van der Waals surface area contributed by atoms with Crippen LogP contribution in [0.5, 0.6) is 0 Å². The zero-order valence-corrected chi connectivity index (χ0v) is 7.39. The number of hydrogen-bond acceptors (Lipinski definition) is 1. The summed E-state index contributed by atoms with van der Waals surface area (Å²) in [6, 6.07) is 9.02. The monoisotopic (exact) mass is 149 g/mol. The molecule has 0 saturated heterocycles. The lowest BCUT2D eigenvalue weighted by atomic mass is 10.1. The third-order valence-electron chi connectivity index (χ3n) is 1.98. The molecule has 0 spiro atoms. The lowest BCUT2D eigenvalue weighted by Crippen LogP contribution is -2.12. The lowest BCUT2D eigenvalue weighted by molar-refractivity contribution is 0.652. The minimum atomic E-state index is 0.454. The second-order valence-electron chi connectivity index (χ2n) is 2.92. The van der Waals surface area contributed by atoms with E-state index in [4.69, 9.17) is 0 Å². The summed E-state index contributed by atoms with van der Waals surface area (Å²) in [5.41, 5.74) is 2.68. The molecule has 0 aromatic heterocycles. The number of aryl methyl sites for hydroxylation is 1. The molecule has 1 aromatic carbocycles. The van der Waals surface area contributed by atoms with Gasteiger partial charge in [-0.1, -0.05) is 29.8 Å². The molecule has 0 radical (unpaired) electrons. The first-order valence-corrected chi connectivity index (χ1v) is 3.98. The van der Waals surface area contributed by atoms with E-state index < -0.39 is 0 Å². The summed E-state index contributed by atoms with van der Waals surface area (Å²) in [6.45, 7) is 4.28. The zero-order valence-electron chi connectivity index (χ0n) is 7.39. The fourth-order valence-electron chi connectivity index (χ4n) is 1.11. The minimum Gasteiger partial charge on any atom is -0.313 e. The Morgan fingerprint density at radius 3 is 2.64 bits per heavy atom. The van der Waals surface area contributed by atoms with Crippen LogP contribution in [0.25, 0.3) is 0 Å². The van der Waals surface area contributed by atoms with Gasteiger partial charge in [-0.25, -0.2) is 0 Å². The quantitative estimate of drug-likeness (QED) is 0.680. The summed E-state index contributed by atoms with van der Waals surface area (Å²) < 4.78 is 0. The van der Waals surface area contributed by atoms with Crippen molar-refractivity contribution in [3.05, 3.63) is 35.4 Å². The van der Waals surface area contributed by atoms with Gasteiger partial charge in [0.1, 0.15) is 0 Å². The van der Waals surface area contributed by atoms with Crippen LogP contribution in [0.4, 0.5) is 0 Å². The highest BCUT2D eigenvalue weighted by atomic mass is 14.8. The molecule has 0 unspecified atom stereocenters. The summed E-state index contributed by atoms with van der Waals surface area (Å²) in [5, 5.41) is 3.21. The molecule has 1 N–H and O–H groups in total. The molecule has 1 atom stereocenters. The lowest BCUT2D eigenvalue weighted by Gasteiger charge is -2.10. The number of hydrogen-bond donors (Lipinski definition) is 1. The smallest absolute Gasteiger partial charge is 0.0289 e. The van der Waals surface area contributed by atoms with Crippen LogP contribution in [0.2, 0.25) is 0 Å². The van der Waals surface area contributed by atoms with Crippen molar-refractivity contribution in [3.63, 3.8) is 0 Å². The van der Waals surface area contributed by atoms with Gasteiger partial charge in [0.2, 0.25) is 0 Å². The number of nitrogens with one attached hydrogen (secondary N) is 1. The average Bonchev–Trinajstić information content (AvgIpc) is 2.03. The molecular weight excluding hydrogens is 134 g/mol. The predicted octanol–water partition coefficient (Wildman–Crippen LogP) is 2.28. The van der Waals surface area contributed by atoms with E-state index in [0.717, 1.165) is 0 Å². The van der Waals surface area contributed by atoms with E-state index in [2.05, 4.69) is 43.4 Å².